The van der Waals surface area contributed by atoms with E-state index < -0.39 is 0 Å². The number of carbonyl (C=O) groups excluding carboxylic acids is 1. The number of amides is 1. The van der Waals surface area contributed by atoms with Gasteiger partial charge in [0.05, 0.1) is 6.04 Å². The molecule has 0 spiro atoms. The van der Waals surface area contributed by atoms with E-state index in [9.17, 15) is 4.79 Å². The summed E-state index contributed by atoms with van der Waals surface area (Å²) in [5.41, 5.74) is 5.37. The van der Waals surface area contributed by atoms with Gasteiger partial charge >= 0.3 is 0 Å². The molecule has 9 heavy (non-hydrogen) atoms. The summed E-state index contributed by atoms with van der Waals surface area (Å²) in [6, 6.07) is -0.247. The normalized spacial score (nSPS) is 26.3. The Morgan fingerprint density at radius 1 is 1.67 bits per heavy atom. The Balaban J connectivity index is 0.000000640. The number of carbonyl (C=O) groups is 1. The van der Waals surface area contributed by atoms with Gasteiger partial charge in [0.2, 0.25) is 5.91 Å². The zero-order chi connectivity index (χ0) is 5.98. The van der Waals surface area contributed by atoms with Crippen molar-refractivity contribution in [3.8, 4) is 0 Å². The van der Waals surface area contributed by atoms with Crippen molar-refractivity contribution in [2.24, 2.45) is 5.73 Å². The Hall–Kier alpha value is -0.280. The lowest BCUT2D eigenvalue weighted by Gasteiger charge is -2.16. The summed E-state index contributed by atoms with van der Waals surface area (Å²) in [6.07, 6.45) is 1.86. The second-order valence-corrected chi connectivity index (χ2v) is 2.04. The Kier molecular flexibility index (Phi) is 3.58. The maximum atomic E-state index is 10.6. The molecule has 1 atom stereocenters. The van der Waals surface area contributed by atoms with Gasteiger partial charge < -0.3 is 11.1 Å². The summed E-state index contributed by atoms with van der Waals surface area (Å²) < 4.78 is 0. The van der Waals surface area contributed by atoms with Gasteiger partial charge in [0.1, 0.15) is 0 Å². The average Bonchev–Trinajstić information content (AvgIpc) is 1.77. The van der Waals surface area contributed by atoms with E-state index in [4.69, 9.17) is 5.73 Å². The van der Waals surface area contributed by atoms with E-state index in [0.717, 1.165) is 19.4 Å². The van der Waals surface area contributed by atoms with Gasteiger partial charge in [-0.3, -0.25) is 4.79 Å². The third kappa shape index (κ3) is 2.20. The lowest BCUT2D eigenvalue weighted by molar-refractivity contribution is -0.123. The lowest BCUT2D eigenvalue weighted by Crippen LogP contribution is -2.45. The molecule has 1 fully saturated rings. The summed E-state index contributed by atoms with van der Waals surface area (Å²) in [4.78, 5) is 10.6. The number of piperidine rings is 1. The standard InChI is InChI=1S/C5H10N2O.ClH/c6-4-2-1-3-7-5(4)8;/h4H,1-3,6H2,(H,7,8);1H. The minimum absolute atomic E-state index is 0. The summed E-state index contributed by atoms with van der Waals surface area (Å²) in [7, 11) is 0. The molecule has 4 heteroatoms. The van der Waals surface area contributed by atoms with Crippen LogP contribution in [0.2, 0.25) is 0 Å². The second kappa shape index (κ2) is 3.69. The molecule has 0 aliphatic carbocycles. The molecule has 0 aromatic rings. The molecule has 0 radical (unpaired) electrons. The minimum atomic E-state index is -0.247. The molecule has 1 heterocycles. The van der Waals surface area contributed by atoms with Crippen LogP contribution in [0.1, 0.15) is 12.8 Å². The molecular weight excluding hydrogens is 140 g/mol. The highest BCUT2D eigenvalue weighted by Gasteiger charge is 2.15. The van der Waals surface area contributed by atoms with Crippen LogP contribution in [0, 0.1) is 0 Å². The molecule has 0 aromatic carbocycles. The van der Waals surface area contributed by atoms with Crippen LogP contribution in [0.25, 0.3) is 0 Å². The van der Waals surface area contributed by atoms with Crippen LogP contribution in [0.15, 0.2) is 0 Å². The fourth-order valence-corrected chi connectivity index (χ4v) is 0.796. The van der Waals surface area contributed by atoms with Crippen LogP contribution in [0.3, 0.4) is 0 Å². The maximum Gasteiger partial charge on any atom is 0.236 e. The fourth-order valence-electron chi connectivity index (χ4n) is 0.796. The van der Waals surface area contributed by atoms with Crippen molar-refractivity contribution >= 4 is 18.3 Å². The monoisotopic (exact) mass is 150 g/mol. The van der Waals surface area contributed by atoms with E-state index in [2.05, 4.69) is 5.32 Å². The third-order valence-corrected chi connectivity index (χ3v) is 1.33. The van der Waals surface area contributed by atoms with E-state index in [-0.39, 0.29) is 24.4 Å². The molecule has 0 bridgehead atoms. The molecule has 3 N–H and O–H groups in total. The highest BCUT2D eigenvalue weighted by Crippen LogP contribution is 1.98. The van der Waals surface area contributed by atoms with Crippen molar-refractivity contribution in [3.05, 3.63) is 0 Å². The van der Waals surface area contributed by atoms with E-state index in [1.807, 2.05) is 0 Å². The molecule has 1 amide bonds. The van der Waals surface area contributed by atoms with Crippen LogP contribution in [0.4, 0.5) is 0 Å². The van der Waals surface area contributed by atoms with Gasteiger partial charge in [-0.1, -0.05) is 0 Å². The number of nitrogens with two attached hydrogens (primary N) is 1. The van der Waals surface area contributed by atoms with Crippen LogP contribution in [-0.2, 0) is 4.79 Å². The Morgan fingerprint density at radius 2 is 2.33 bits per heavy atom. The van der Waals surface area contributed by atoms with Gasteiger partial charge in [-0.2, -0.15) is 0 Å². The number of hydrogen-bond acceptors (Lipinski definition) is 2. The first-order valence-corrected chi connectivity index (χ1v) is 2.84. The van der Waals surface area contributed by atoms with E-state index >= 15 is 0 Å². The topological polar surface area (TPSA) is 55.1 Å². The molecular formula is C5H11ClN2O. The molecule has 1 unspecified atom stereocenters. The van der Waals surface area contributed by atoms with Crippen LogP contribution < -0.4 is 11.1 Å². The van der Waals surface area contributed by atoms with Gasteiger partial charge in [0, 0.05) is 6.54 Å². The van der Waals surface area contributed by atoms with Gasteiger partial charge in [0.15, 0.2) is 0 Å². The van der Waals surface area contributed by atoms with Crippen LogP contribution in [-0.4, -0.2) is 18.5 Å². The average molecular weight is 151 g/mol. The van der Waals surface area contributed by atoms with E-state index in [1.165, 1.54) is 0 Å². The first-order valence-electron chi connectivity index (χ1n) is 2.84. The summed E-state index contributed by atoms with van der Waals surface area (Å²) in [6.45, 7) is 0.798. The zero-order valence-electron chi connectivity index (χ0n) is 5.09. The third-order valence-electron chi connectivity index (χ3n) is 1.33. The van der Waals surface area contributed by atoms with Crippen molar-refractivity contribution in [1.82, 2.24) is 5.32 Å². The van der Waals surface area contributed by atoms with Crippen molar-refractivity contribution in [2.45, 2.75) is 18.9 Å². The van der Waals surface area contributed by atoms with Crippen molar-refractivity contribution in [3.63, 3.8) is 0 Å². The van der Waals surface area contributed by atoms with Gasteiger partial charge in [-0.25, -0.2) is 0 Å². The predicted octanol–water partition coefficient (Wildman–Crippen LogP) is -0.355. The number of nitrogens with one attached hydrogen (secondary N) is 1. The minimum Gasteiger partial charge on any atom is -0.355 e. The first kappa shape index (κ1) is 8.72. The van der Waals surface area contributed by atoms with Crippen molar-refractivity contribution in [2.75, 3.05) is 6.54 Å². The second-order valence-electron chi connectivity index (χ2n) is 2.04. The Bertz CT molecular complexity index is 107. The van der Waals surface area contributed by atoms with Gasteiger partial charge in [-0.05, 0) is 12.8 Å². The molecule has 3 nitrogen and oxygen atoms in total. The van der Waals surface area contributed by atoms with Gasteiger partial charge in [-0.15, -0.1) is 12.4 Å². The first-order chi connectivity index (χ1) is 3.80. The van der Waals surface area contributed by atoms with E-state index in [0.29, 0.717) is 0 Å². The SMILES string of the molecule is Cl.NC1CCCNC1=O. The highest BCUT2D eigenvalue weighted by atomic mass is 35.5. The van der Waals surface area contributed by atoms with Crippen LogP contribution >= 0.6 is 12.4 Å². The quantitative estimate of drug-likeness (QED) is 0.496. The smallest absolute Gasteiger partial charge is 0.236 e. The molecule has 0 aromatic heterocycles. The summed E-state index contributed by atoms with van der Waals surface area (Å²) in [5.74, 6) is -0.00347. The molecule has 0 saturated carbocycles. The number of halogens is 1. The predicted molar refractivity (Wildman–Crippen MR) is 37.5 cm³/mol. The number of hydrogen-bond donors (Lipinski definition) is 2. The highest BCUT2D eigenvalue weighted by molar-refractivity contribution is 5.85. The molecule has 1 aliphatic heterocycles. The molecule has 1 aliphatic rings. The van der Waals surface area contributed by atoms with Crippen molar-refractivity contribution < 1.29 is 4.79 Å². The molecule has 1 rings (SSSR count). The lowest BCUT2D eigenvalue weighted by atomic mass is 10.1. The Morgan fingerprint density at radius 3 is 2.67 bits per heavy atom. The number of rotatable bonds is 0. The Labute approximate surface area is 60.4 Å². The summed E-state index contributed by atoms with van der Waals surface area (Å²) >= 11 is 0. The molecule has 54 valence electrons. The molecule has 1 saturated heterocycles. The van der Waals surface area contributed by atoms with Crippen LogP contribution in [0.5, 0.6) is 0 Å². The fraction of sp³-hybridized carbons (Fsp3) is 0.800. The maximum absolute atomic E-state index is 10.6. The van der Waals surface area contributed by atoms with Crippen molar-refractivity contribution in [1.29, 1.82) is 0 Å². The van der Waals surface area contributed by atoms with E-state index in [1.54, 1.807) is 0 Å². The summed E-state index contributed by atoms with van der Waals surface area (Å²) in [5, 5.41) is 2.67. The zero-order valence-corrected chi connectivity index (χ0v) is 5.91. The van der Waals surface area contributed by atoms with Gasteiger partial charge in [0.25, 0.3) is 0 Å². The largest absolute Gasteiger partial charge is 0.355 e.